The molecule has 1 unspecified atom stereocenters. The molecule has 0 spiro atoms. The van der Waals surface area contributed by atoms with Gasteiger partial charge in [0.1, 0.15) is 6.67 Å². The zero-order valence-corrected chi connectivity index (χ0v) is 15.3. The van der Waals surface area contributed by atoms with Gasteiger partial charge in [-0.05, 0) is 50.0 Å². The van der Waals surface area contributed by atoms with Crippen molar-refractivity contribution in [2.45, 2.75) is 37.9 Å². The van der Waals surface area contributed by atoms with Crippen molar-refractivity contribution in [3.05, 3.63) is 58.2 Å². The van der Waals surface area contributed by atoms with Crippen molar-refractivity contribution in [3.63, 3.8) is 0 Å². The summed E-state index contributed by atoms with van der Waals surface area (Å²) in [6.45, 7) is 3.18. The van der Waals surface area contributed by atoms with Crippen molar-refractivity contribution >= 4 is 33.3 Å². The maximum absolute atomic E-state index is 12.8. The first-order valence-corrected chi connectivity index (χ1v) is 8.59. The van der Waals surface area contributed by atoms with E-state index < -0.39 is 6.67 Å². The molecule has 0 heterocycles. The Labute approximate surface area is 145 Å². The second kappa shape index (κ2) is 9.96. The fourth-order valence-electron chi connectivity index (χ4n) is 2.18. The zero-order chi connectivity index (χ0) is 16.5. The van der Waals surface area contributed by atoms with Gasteiger partial charge in [-0.25, -0.2) is 4.39 Å². The molecule has 1 aliphatic rings. The number of carbonyl (C=O) groups is 1. The van der Waals surface area contributed by atoms with E-state index in [1.54, 1.807) is 6.08 Å². The molecule has 0 aliphatic heterocycles. The summed E-state index contributed by atoms with van der Waals surface area (Å²) in [5.74, 6) is -0.105. The van der Waals surface area contributed by atoms with E-state index in [1.165, 1.54) is 6.08 Å². The molecule has 0 aromatic heterocycles. The van der Waals surface area contributed by atoms with Gasteiger partial charge in [-0.3, -0.25) is 4.79 Å². The van der Waals surface area contributed by atoms with Gasteiger partial charge in [0.2, 0.25) is 0 Å². The first-order valence-electron chi connectivity index (χ1n) is 7.29. The highest BCUT2D eigenvalue weighted by Gasteiger charge is 2.18. The van der Waals surface area contributed by atoms with Crippen molar-refractivity contribution in [1.82, 2.24) is 0 Å². The van der Waals surface area contributed by atoms with Crippen LogP contribution >= 0.6 is 27.5 Å². The number of alkyl halides is 2. The van der Waals surface area contributed by atoms with Gasteiger partial charge >= 0.3 is 0 Å². The molecule has 0 radical (unpaired) electrons. The first kappa shape index (κ1) is 19.1. The standard InChI is InChI=1S/C18H21BrClFO/c1-3-4-15(19)7-6-14(11-12-21)18(22)17-10-9-16(20)8-5-13(17)2/h3-5,8,10-11,15H,6-7,9,12H2,1-2H3/b4-3-,14-11+. The molecule has 22 heavy (non-hydrogen) atoms. The number of hydrogen-bond donors (Lipinski definition) is 0. The van der Waals surface area contributed by atoms with Crippen LogP contribution in [0, 0.1) is 0 Å². The molecule has 120 valence electrons. The van der Waals surface area contributed by atoms with Crippen LogP contribution in [-0.2, 0) is 4.79 Å². The van der Waals surface area contributed by atoms with Gasteiger partial charge in [-0.1, -0.05) is 51.8 Å². The Hall–Kier alpha value is -0.930. The molecule has 0 N–H and O–H groups in total. The van der Waals surface area contributed by atoms with Gasteiger partial charge in [0.15, 0.2) is 5.78 Å². The molecule has 0 aromatic rings. The molecule has 1 nitrogen and oxygen atoms in total. The average Bonchev–Trinajstić information content (AvgIpc) is 2.65. The van der Waals surface area contributed by atoms with Crippen molar-refractivity contribution in [2.75, 3.05) is 6.67 Å². The maximum atomic E-state index is 12.8. The van der Waals surface area contributed by atoms with Gasteiger partial charge in [0, 0.05) is 21.9 Å². The Balaban J connectivity index is 2.88. The predicted molar refractivity (Wildman–Crippen MR) is 96.2 cm³/mol. The lowest BCUT2D eigenvalue weighted by Gasteiger charge is -2.11. The number of Topliss-reactive ketones (excluding diaryl/α,β-unsaturated/α-hetero) is 1. The Bertz CT molecular complexity index is 555. The highest BCUT2D eigenvalue weighted by molar-refractivity contribution is 9.09. The highest BCUT2D eigenvalue weighted by Crippen LogP contribution is 2.25. The summed E-state index contributed by atoms with van der Waals surface area (Å²) in [6.07, 6.45) is 12.6. The van der Waals surface area contributed by atoms with Gasteiger partial charge < -0.3 is 0 Å². The minimum absolute atomic E-state index is 0.105. The molecule has 0 saturated carbocycles. The molecule has 1 atom stereocenters. The van der Waals surface area contributed by atoms with Crippen LogP contribution in [0.25, 0.3) is 0 Å². The van der Waals surface area contributed by atoms with Crippen LogP contribution in [0.1, 0.15) is 33.1 Å². The van der Waals surface area contributed by atoms with Crippen LogP contribution in [0.5, 0.6) is 0 Å². The maximum Gasteiger partial charge on any atom is 0.188 e. The Morgan fingerprint density at radius 2 is 2.23 bits per heavy atom. The van der Waals surface area contributed by atoms with E-state index >= 15 is 0 Å². The molecule has 0 fully saturated rings. The van der Waals surface area contributed by atoms with Crippen LogP contribution in [0.3, 0.4) is 0 Å². The number of ketones is 1. The fraction of sp³-hybridized carbons (Fsp3) is 0.389. The monoisotopic (exact) mass is 386 g/mol. The zero-order valence-electron chi connectivity index (χ0n) is 12.9. The lowest BCUT2D eigenvalue weighted by Crippen LogP contribution is -2.10. The van der Waals surface area contributed by atoms with E-state index in [9.17, 15) is 9.18 Å². The van der Waals surface area contributed by atoms with E-state index in [1.807, 2.05) is 38.2 Å². The van der Waals surface area contributed by atoms with E-state index in [2.05, 4.69) is 15.9 Å². The molecular formula is C18H21BrClFO. The molecular weight excluding hydrogens is 367 g/mol. The number of allylic oxidation sites excluding steroid dienone is 10. The third kappa shape index (κ3) is 6.05. The Kier molecular flexibility index (Phi) is 8.66. The van der Waals surface area contributed by atoms with Crippen LogP contribution in [0.15, 0.2) is 58.2 Å². The molecule has 1 aliphatic carbocycles. The first-order chi connectivity index (χ1) is 10.5. The summed E-state index contributed by atoms with van der Waals surface area (Å²) in [5, 5.41) is 0.687. The van der Waals surface area contributed by atoms with E-state index in [0.717, 1.165) is 12.0 Å². The Morgan fingerprint density at radius 3 is 2.86 bits per heavy atom. The summed E-state index contributed by atoms with van der Waals surface area (Å²) in [4.78, 5) is 12.9. The summed E-state index contributed by atoms with van der Waals surface area (Å²) < 4.78 is 12.8. The minimum Gasteiger partial charge on any atom is -0.289 e. The SMILES string of the molecule is C/C=C\C(Br)CC/C(=C\CF)C(=O)C1=CCC(Cl)=CC=C1C. The van der Waals surface area contributed by atoms with Gasteiger partial charge in [-0.15, -0.1) is 0 Å². The number of hydrogen-bond acceptors (Lipinski definition) is 1. The van der Waals surface area contributed by atoms with Crippen LogP contribution in [0.2, 0.25) is 0 Å². The second-order valence-corrected chi connectivity index (χ2v) is 6.74. The third-order valence-corrected chi connectivity index (χ3v) is 4.43. The summed E-state index contributed by atoms with van der Waals surface area (Å²) in [6, 6.07) is 0. The van der Waals surface area contributed by atoms with E-state index in [-0.39, 0.29) is 10.6 Å². The Morgan fingerprint density at radius 1 is 1.50 bits per heavy atom. The highest BCUT2D eigenvalue weighted by atomic mass is 79.9. The van der Waals surface area contributed by atoms with E-state index in [4.69, 9.17) is 11.6 Å². The lowest BCUT2D eigenvalue weighted by atomic mass is 9.93. The number of rotatable bonds is 7. The molecule has 4 heteroatoms. The quantitative estimate of drug-likeness (QED) is 0.299. The second-order valence-electron chi connectivity index (χ2n) is 5.08. The van der Waals surface area contributed by atoms with Gasteiger partial charge in [0.25, 0.3) is 0 Å². The van der Waals surface area contributed by atoms with Crippen molar-refractivity contribution in [1.29, 1.82) is 0 Å². The summed E-state index contributed by atoms with van der Waals surface area (Å²) in [5.41, 5.74) is 1.99. The molecule has 0 aromatic carbocycles. The van der Waals surface area contributed by atoms with Crippen molar-refractivity contribution < 1.29 is 9.18 Å². The van der Waals surface area contributed by atoms with Crippen molar-refractivity contribution in [3.8, 4) is 0 Å². The van der Waals surface area contributed by atoms with E-state index in [0.29, 0.717) is 29.0 Å². The van der Waals surface area contributed by atoms with Crippen molar-refractivity contribution in [2.24, 2.45) is 0 Å². The minimum atomic E-state index is -0.632. The fourth-order valence-corrected chi connectivity index (χ4v) is 2.85. The third-order valence-electron chi connectivity index (χ3n) is 3.39. The molecule has 0 saturated heterocycles. The summed E-state index contributed by atoms with van der Waals surface area (Å²) in [7, 11) is 0. The molecule has 0 bridgehead atoms. The summed E-state index contributed by atoms with van der Waals surface area (Å²) >= 11 is 9.53. The lowest BCUT2D eigenvalue weighted by molar-refractivity contribution is -0.112. The number of carbonyl (C=O) groups excluding carboxylic acids is 1. The van der Waals surface area contributed by atoms with Gasteiger partial charge in [0.05, 0.1) is 0 Å². The average molecular weight is 388 g/mol. The predicted octanol–water partition coefficient (Wildman–Crippen LogP) is 5.97. The smallest absolute Gasteiger partial charge is 0.188 e. The van der Waals surface area contributed by atoms with Gasteiger partial charge in [-0.2, -0.15) is 0 Å². The normalized spacial score (nSPS) is 17.7. The van der Waals surface area contributed by atoms with Crippen LogP contribution < -0.4 is 0 Å². The largest absolute Gasteiger partial charge is 0.289 e. The molecule has 0 amide bonds. The van der Waals surface area contributed by atoms with Crippen LogP contribution in [0.4, 0.5) is 4.39 Å². The molecule has 1 rings (SSSR count). The topological polar surface area (TPSA) is 17.1 Å². The van der Waals surface area contributed by atoms with Crippen LogP contribution in [-0.4, -0.2) is 17.3 Å². The number of halogens is 3.